The summed E-state index contributed by atoms with van der Waals surface area (Å²) in [6.45, 7) is 3.66. The minimum atomic E-state index is -0.487. The Morgan fingerprint density at radius 1 is 1.07 bits per heavy atom. The van der Waals surface area contributed by atoms with E-state index < -0.39 is 11.8 Å². The molecule has 2 amide bonds. The first-order valence-electron chi connectivity index (χ1n) is 9.12. The number of halogens is 1. The summed E-state index contributed by atoms with van der Waals surface area (Å²) in [5.41, 5.74) is 2.15. The number of carbonyl (C=O) groups is 2. The lowest BCUT2D eigenvalue weighted by Crippen LogP contribution is -2.36. The van der Waals surface area contributed by atoms with Crippen LogP contribution in [0.15, 0.2) is 77.0 Å². The van der Waals surface area contributed by atoms with Crippen LogP contribution < -0.4 is 10.6 Å². The first-order valence-corrected chi connectivity index (χ1v) is 9.12. The molecule has 1 atom stereocenters. The van der Waals surface area contributed by atoms with Gasteiger partial charge in [-0.15, -0.1) is 0 Å². The van der Waals surface area contributed by atoms with E-state index in [9.17, 15) is 14.0 Å². The van der Waals surface area contributed by atoms with Crippen LogP contribution in [0, 0.1) is 12.7 Å². The summed E-state index contributed by atoms with van der Waals surface area (Å²) in [4.78, 5) is 25.5. The second kappa shape index (κ2) is 9.01. The third-order valence-electron chi connectivity index (χ3n) is 4.32. The molecule has 0 bridgehead atoms. The van der Waals surface area contributed by atoms with Crippen molar-refractivity contribution in [1.29, 1.82) is 0 Å². The largest absolute Gasteiger partial charge is 0.465 e. The van der Waals surface area contributed by atoms with E-state index in [1.807, 2.05) is 13.0 Å². The molecule has 0 aliphatic heterocycles. The van der Waals surface area contributed by atoms with Gasteiger partial charge in [0.2, 0.25) is 0 Å². The van der Waals surface area contributed by atoms with Crippen LogP contribution >= 0.6 is 0 Å². The van der Waals surface area contributed by atoms with Gasteiger partial charge < -0.3 is 15.1 Å². The Morgan fingerprint density at radius 2 is 1.83 bits per heavy atom. The third kappa shape index (κ3) is 5.42. The van der Waals surface area contributed by atoms with Crippen LogP contribution in [-0.2, 0) is 4.79 Å². The smallest absolute Gasteiger partial charge is 0.268 e. The highest BCUT2D eigenvalue weighted by atomic mass is 19.1. The van der Waals surface area contributed by atoms with Crippen molar-refractivity contribution in [3.63, 3.8) is 0 Å². The molecule has 0 spiro atoms. The second-order valence-electron chi connectivity index (χ2n) is 6.64. The molecule has 0 aliphatic rings. The average Bonchev–Trinajstić information content (AvgIpc) is 3.21. The van der Waals surface area contributed by atoms with E-state index in [-0.39, 0.29) is 17.6 Å². The summed E-state index contributed by atoms with van der Waals surface area (Å²) in [5, 5.41) is 5.46. The zero-order valence-corrected chi connectivity index (χ0v) is 16.1. The van der Waals surface area contributed by atoms with E-state index >= 15 is 0 Å². The summed E-state index contributed by atoms with van der Waals surface area (Å²) < 4.78 is 18.4. The Morgan fingerprint density at radius 3 is 2.48 bits per heavy atom. The zero-order chi connectivity index (χ0) is 20.8. The summed E-state index contributed by atoms with van der Waals surface area (Å²) in [7, 11) is 0. The van der Waals surface area contributed by atoms with E-state index in [0.29, 0.717) is 11.3 Å². The number of nitrogens with one attached hydrogen (secondary N) is 2. The fraction of sp³-hybridized carbons (Fsp3) is 0.130. The Hall–Kier alpha value is -3.67. The van der Waals surface area contributed by atoms with E-state index in [4.69, 9.17) is 4.42 Å². The van der Waals surface area contributed by atoms with E-state index in [2.05, 4.69) is 10.6 Å². The molecule has 6 heteroatoms. The number of amides is 2. The standard InChI is InChI=1S/C23H21FN2O3/c1-15-5-3-6-18(13-15)22(27)26-21(14-20-7-4-12-29-20)23(28)25-16(2)17-8-10-19(24)11-9-17/h3-14,16H,1-2H3,(H,25,28)(H,26,27)/b21-14-/t16-/m0/s1. The minimum absolute atomic E-state index is 0.0421. The molecule has 1 aromatic heterocycles. The van der Waals surface area contributed by atoms with E-state index in [1.54, 1.807) is 49.4 Å². The summed E-state index contributed by atoms with van der Waals surface area (Å²) >= 11 is 0. The molecule has 2 N–H and O–H groups in total. The molecule has 0 fully saturated rings. The van der Waals surface area contributed by atoms with Gasteiger partial charge in [-0.1, -0.05) is 29.8 Å². The van der Waals surface area contributed by atoms with Gasteiger partial charge in [0, 0.05) is 11.6 Å². The van der Waals surface area contributed by atoms with Crippen molar-refractivity contribution in [3.8, 4) is 0 Å². The van der Waals surface area contributed by atoms with Crippen LogP contribution in [0.5, 0.6) is 0 Å². The first-order chi connectivity index (χ1) is 13.9. The fourth-order valence-corrected chi connectivity index (χ4v) is 2.76. The zero-order valence-electron chi connectivity index (χ0n) is 16.1. The van der Waals surface area contributed by atoms with Crippen molar-refractivity contribution in [1.82, 2.24) is 10.6 Å². The molecule has 0 saturated carbocycles. The predicted molar refractivity (Wildman–Crippen MR) is 108 cm³/mol. The van der Waals surface area contributed by atoms with Gasteiger partial charge in [0.1, 0.15) is 17.3 Å². The van der Waals surface area contributed by atoms with Gasteiger partial charge in [-0.2, -0.15) is 0 Å². The molecule has 5 nitrogen and oxygen atoms in total. The monoisotopic (exact) mass is 392 g/mol. The van der Waals surface area contributed by atoms with Crippen molar-refractivity contribution in [3.05, 3.63) is 101 Å². The maximum absolute atomic E-state index is 13.1. The number of hydrogen-bond donors (Lipinski definition) is 2. The number of furan rings is 1. The van der Waals surface area contributed by atoms with Gasteiger partial charge >= 0.3 is 0 Å². The third-order valence-corrected chi connectivity index (χ3v) is 4.32. The van der Waals surface area contributed by atoms with Gasteiger partial charge in [-0.3, -0.25) is 9.59 Å². The molecule has 3 aromatic rings. The summed E-state index contributed by atoms with van der Waals surface area (Å²) in [5.74, 6) is -0.819. The molecular weight excluding hydrogens is 371 g/mol. The quantitative estimate of drug-likeness (QED) is 0.612. The van der Waals surface area contributed by atoms with Crippen molar-refractivity contribution in [2.75, 3.05) is 0 Å². The highest BCUT2D eigenvalue weighted by Crippen LogP contribution is 2.15. The van der Waals surface area contributed by atoms with Crippen molar-refractivity contribution in [2.45, 2.75) is 19.9 Å². The summed E-state index contributed by atoms with van der Waals surface area (Å²) in [6, 6.07) is 15.9. The van der Waals surface area contributed by atoms with Gasteiger partial charge in [0.15, 0.2) is 0 Å². The molecular formula is C23H21FN2O3. The lowest BCUT2D eigenvalue weighted by atomic mass is 10.1. The number of benzene rings is 2. The van der Waals surface area contributed by atoms with Crippen LogP contribution in [0.2, 0.25) is 0 Å². The van der Waals surface area contributed by atoms with Crippen LogP contribution in [0.25, 0.3) is 6.08 Å². The molecule has 0 saturated heterocycles. The predicted octanol–water partition coefficient (Wildman–Crippen LogP) is 4.38. The normalized spacial score (nSPS) is 12.3. The molecule has 1 heterocycles. The lowest BCUT2D eigenvalue weighted by Gasteiger charge is -2.16. The minimum Gasteiger partial charge on any atom is -0.465 e. The van der Waals surface area contributed by atoms with Crippen LogP contribution in [0.4, 0.5) is 4.39 Å². The van der Waals surface area contributed by atoms with E-state index in [1.165, 1.54) is 24.5 Å². The highest BCUT2D eigenvalue weighted by molar-refractivity contribution is 6.05. The molecule has 0 unspecified atom stereocenters. The van der Waals surface area contributed by atoms with Crippen molar-refractivity contribution < 1.29 is 18.4 Å². The van der Waals surface area contributed by atoms with Gasteiger partial charge in [0.25, 0.3) is 11.8 Å². The maximum atomic E-state index is 13.1. The Kier molecular flexibility index (Phi) is 6.24. The average molecular weight is 392 g/mol. The molecule has 148 valence electrons. The van der Waals surface area contributed by atoms with Gasteiger partial charge in [-0.25, -0.2) is 4.39 Å². The van der Waals surface area contributed by atoms with Crippen LogP contribution in [-0.4, -0.2) is 11.8 Å². The molecule has 2 aromatic carbocycles. The maximum Gasteiger partial charge on any atom is 0.268 e. The molecule has 0 radical (unpaired) electrons. The highest BCUT2D eigenvalue weighted by Gasteiger charge is 2.18. The number of hydrogen-bond acceptors (Lipinski definition) is 3. The Labute approximate surface area is 168 Å². The SMILES string of the molecule is Cc1cccc(C(=O)N/C(=C\c2ccco2)C(=O)N[C@@H](C)c2ccc(F)cc2)c1. The molecule has 0 aliphatic carbocycles. The Balaban J connectivity index is 1.80. The van der Waals surface area contributed by atoms with Gasteiger partial charge in [0.05, 0.1) is 12.3 Å². The fourth-order valence-electron chi connectivity index (χ4n) is 2.76. The van der Waals surface area contributed by atoms with Crippen molar-refractivity contribution in [2.24, 2.45) is 0 Å². The van der Waals surface area contributed by atoms with Crippen molar-refractivity contribution >= 4 is 17.9 Å². The first kappa shape index (κ1) is 20.1. The lowest BCUT2D eigenvalue weighted by molar-refractivity contribution is -0.118. The molecule has 29 heavy (non-hydrogen) atoms. The second-order valence-corrected chi connectivity index (χ2v) is 6.64. The van der Waals surface area contributed by atoms with Crippen LogP contribution in [0.3, 0.4) is 0 Å². The number of aryl methyl sites for hydroxylation is 1. The molecule has 3 rings (SSSR count). The van der Waals surface area contributed by atoms with Gasteiger partial charge in [-0.05, 0) is 55.8 Å². The number of rotatable bonds is 6. The number of carbonyl (C=O) groups excluding carboxylic acids is 2. The van der Waals surface area contributed by atoms with Crippen LogP contribution in [0.1, 0.15) is 40.2 Å². The topological polar surface area (TPSA) is 71.3 Å². The Bertz CT molecular complexity index is 1020. The van der Waals surface area contributed by atoms with E-state index in [0.717, 1.165) is 11.1 Å². The summed E-state index contributed by atoms with van der Waals surface area (Å²) in [6.07, 6.45) is 2.94.